The third kappa shape index (κ3) is 4.83. The van der Waals surface area contributed by atoms with Crippen LogP contribution in [0.15, 0.2) is 65.2 Å². The maximum absolute atomic E-state index is 13.0. The third-order valence-corrected chi connectivity index (χ3v) is 5.08. The quantitative estimate of drug-likeness (QED) is 0.616. The Balaban J connectivity index is 1.41. The first-order valence-electron chi connectivity index (χ1n) is 9.85. The Bertz CT molecular complexity index is 940. The molecule has 0 saturated carbocycles. The largest absolute Gasteiger partial charge is 0.484 e. The lowest BCUT2D eigenvalue weighted by Crippen LogP contribution is -2.41. The lowest BCUT2D eigenvalue weighted by atomic mass is 10.0. The predicted octanol–water partition coefficient (Wildman–Crippen LogP) is 4.54. The molecular weight excluding hydrogens is 371 g/mol. The van der Waals surface area contributed by atoms with E-state index in [0.717, 1.165) is 30.6 Å². The molecule has 2 heterocycles. The van der Waals surface area contributed by atoms with E-state index in [9.17, 15) is 9.18 Å². The summed E-state index contributed by atoms with van der Waals surface area (Å²) in [6.07, 6.45) is 5.18. The van der Waals surface area contributed by atoms with Gasteiger partial charge >= 0.3 is 0 Å². The highest BCUT2D eigenvalue weighted by Crippen LogP contribution is 2.31. The molecule has 1 saturated heterocycles. The molecule has 1 amide bonds. The number of hydrogen-bond donors (Lipinski definition) is 0. The molecular formula is C23H23FN2O3. The minimum atomic E-state index is -0.338. The number of carbonyl (C=O) groups excluding carboxylic acids is 1. The zero-order valence-corrected chi connectivity index (χ0v) is 16.1. The molecule has 5 nitrogen and oxygen atoms in total. The standard InChI is InChI=1S/C23H23FN2O3/c24-18-9-11-19(12-10-18)28-16-22(27)26-13-5-4-8-21(26)23-25-15-20(29-23)14-17-6-2-1-3-7-17/h1-3,6-7,9-12,15,21H,4-5,8,13-14,16H2/t21-/m1/s1. The number of nitrogens with zero attached hydrogens (tertiary/aromatic N) is 2. The van der Waals surface area contributed by atoms with Crippen LogP contribution in [0.4, 0.5) is 4.39 Å². The molecule has 4 rings (SSSR count). The van der Waals surface area contributed by atoms with E-state index in [-0.39, 0.29) is 24.4 Å². The summed E-state index contributed by atoms with van der Waals surface area (Å²) in [5.41, 5.74) is 1.15. The minimum Gasteiger partial charge on any atom is -0.484 e. The molecule has 3 aromatic rings. The Kier molecular flexibility index (Phi) is 5.89. The Morgan fingerprint density at radius 1 is 1.14 bits per heavy atom. The Morgan fingerprint density at radius 3 is 2.72 bits per heavy atom. The van der Waals surface area contributed by atoms with Crippen LogP contribution in [0, 0.1) is 5.82 Å². The number of hydrogen-bond acceptors (Lipinski definition) is 4. The number of rotatable bonds is 6. The van der Waals surface area contributed by atoms with Gasteiger partial charge in [-0.3, -0.25) is 4.79 Å². The molecule has 6 heteroatoms. The van der Waals surface area contributed by atoms with Crippen LogP contribution in [0.1, 0.15) is 42.5 Å². The normalized spacial score (nSPS) is 16.6. The fourth-order valence-electron chi connectivity index (χ4n) is 3.60. The molecule has 1 aromatic heterocycles. The summed E-state index contributed by atoms with van der Waals surface area (Å²) in [6.45, 7) is 0.548. The number of amides is 1. The van der Waals surface area contributed by atoms with Crippen molar-refractivity contribution in [1.82, 2.24) is 9.88 Å². The van der Waals surface area contributed by atoms with Crippen molar-refractivity contribution in [2.45, 2.75) is 31.7 Å². The van der Waals surface area contributed by atoms with E-state index < -0.39 is 0 Å². The van der Waals surface area contributed by atoms with Crippen molar-refractivity contribution in [3.63, 3.8) is 0 Å². The zero-order valence-electron chi connectivity index (χ0n) is 16.1. The summed E-state index contributed by atoms with van der Waals surface area (Å²) >= 11 is 0. The smallest absolute Gasteiger partial charge is 0.261 e. The second-order valence-corrected chi connectivity index (χ2v) is 7.17. The van der Waals surface area contributed by atoms with Gasteiger partial charge in [-0.1, -0.05) is 30.3 Å². The first-order chi connectivity index (χ1) is 14.2. The number of carbonyl (C=O) groups is 1. The molecule has 0 bridgehead atoms. The van der Waals surface area contributed by atoms with Gasteiger partial charge in [0.2, 0.25) is 5.89 Å². The molecule has 0 unspecified atom stereocenters. The van der Waals surface area contributed by atoms with Gasteiger partial charge < -0.3 is 14.1 Å². The molecule has 1 fully saturated rings. The van der Waals surface area contributed by atoms with Crippen molar-refractivity contribution in [3.8, 4) is 5.75 Å². The van der Waals surface area contributed by atoms with Gasteiger partial charge in [0.05, 0.1) is 6.20 Å². The summed E-state index contributed by atoms with van der Waals surface area (Å²) in [5, 5.41) is 0. The monoisotopic (exact) mass is 394 g/mol. The summed E-state index contributed by atoms with van der Waals surface area (Å²) in [4.78, 5) is 19.0. The second kappa shape index (κ2) is 8.90. The van der Waals surface area contributed by atoms with Crippen LogP contribution in [0.2, 0.25) is 0 Å². The molecule has 0 radical (unpaired) electrons. The summed E-state index contributed by atoms with van der Waals surface area (Å²) in [5.74, 6) is 1.36. The lowest BCUT2D eigenvalue weighted by Gasteiger charge is -2.33. The van der Waals surface area contributed by atoms with Gasteiger partial charge in [0.25, 0.3) is 5.91 Å². The van der Waals surface area contributed by atoms with E-state index in [1.54, 1.807) is 11.1 Å². The van der Waals surface area contributed by atoms with Crippen molar-refractivity contribution >= 4 is 5.91 Å². The fourth-order valence-corrected chi connectivity index (χ4v) is 3.60. The third-order valence-electron chi connectivity index (χ3n) is 5.08. The van der Waals surface area contributed by atoms with Crippen LogP contribution >= 0.6 is 0 Å². The van der Waals surface area contributed by atoms with Crippen LogP contribution in [-0.4, -0.2) is 28.9 Å². The molecule has 0 N–H and O–H groups in total. The summed E-state index contributed by atoms with van der Waals surface area (Å²) < 4.78 is 24.5. The van der Waals surface area contributed by atoms with Crippen LogP contribution in [-0.2, 0) is 11.2 Å². The van der Waals surface area contributed by atoms with Gasteiger partial charge in [0.1, 0.15) is 23.4 Å². The summed E-state index contributed by atoms with van der Waals surface area (Å²) in [7, 11) is 0. The van der Waals surface area contributed by atoms with Crippen molar-refractivity contribution in [2.75, 3.05) is 13.2 Å². The molecule has 0 aliphatic carbocycles. The van der Waals surface area contributed by atoms with E-state index >= 15 is 0 Å². The lowest BCUT2D eigenvalue weighted by molar-refractivity contribution is -0.137. The van der Waals surface area contributed by atoms with Gasteiger partial charge in [-0.05, 0) is 49.1 Å². The van der Waals surface area contributed by atoms with Gasteiger partial charge in [0.15, 0.2) is 6.61 Å². The highest BCUT2D eigenvalue weighted by Gasteiger charge is 2.31. The van der Waals surface area contributed by atoms with E-state index in [1.807, 2.05) is 30.3 Å². The molecule has 0 spiro atoms. The molecule has 1 aliphatic rings. The van der Waals surface area contributed by atoms with E-state index in [4.69, 9.17) is 9.15 Å². The van der Waals surface area contributed by atoms with Crippen LogP contribution in [0.3, 0.4) is 0 Å². The zero-order chi connectivity index (χ0) is 20.1. The van der Waals surface area contributed by atoms with Gasteiger partial charge in [-0.15, -0.1) is 0 Å². The average molecular weight is 394 g/mol. The maximum atomic E-state index is 13.0. The highest BCUT2D eigenvalue weighted by atomic mass is 19.1. The molecule has 150 valence electrons. The minimum absolute atomic E-state index is 0.0975. The first kappa shape index (κ1) is 19.2. The number of oxazole rings is 1. The number of aromatic nitrogens is 1. The number of benzene rings is 2. The van der Waals surface area contributed by atoms with Gasteiger partial charge in [-0.25, -0.2) is 9.37 Å². The van der Waals surface area contributed by atoms with E-state index in [2.05, 4.69) is 4.98 Å². The van der Waals surface area contributed by atoms with Crippen molar-refractivity contribution in [1.29, 1.82) is 0 Å². The van der Waals surface area contributed by atoms with E-state index in [1.165, 1.54) is 24.3 Å². The molecule has 1 aliphatic heterocycles. The fraction of sp³-hybridized carbons (Fsp3) is 0.304. The van der Waals surface area contributed by atoms with Crippen LogP contribution in [0.25, 0.3) is 0 Å². The van der Waals surface area contributed by atoms with Crippen molar-refractivity contribution in [3.05, 3.63) is 83.8 Å². The van der Waals surface area contributed by atoms with E-state index in [0.29, 0.717) is 24.6 Å². The molecule has 1 atom stereocenters. The molecule has 2 aromatic carbocycles. The van der Waals surface area contributed by atoms with Crippen molar-refractivity contribution < 1.29 is 18.3 Å². The predicted molar refractivity (Wildman–Crippen MR) is 106 cm³/mol. The first-order valence-corrected chi connectivity index (χ1v) is 9.85. The Hall–Kier alpha value is -3.15. The number of piperidine rings is 1. The highest BCUT2D eigenvalue weighted by molar-refractivity contribution is 5.78. The SMILES string of the molecule is O=C(COc1ccc(F)cc1)N1CCCC[C@@H]1c1ncc(Cc2ccccc2)o1. The Morgan fingerprint density at radius 2 is 1.93 bits per heavy atom. The van der Waals surface area contributed by atoms with Gasteiger partial charge in [-0.2, -0.15) is 0 Å². The number of ether oxygens (including phenoxy) is 1. The number of likely N-dealkylation sites (tertiary alicyclic amines) is 1. The van der Waals surface area contributed by atoms with Crippen LogP contribution in [0.5, 0.6) is 5.75 Å². The Labute approximate surface area is 169 Å². The summed E-state index contributed by atoms with van der Waals surface area (Å²) in [6, 6.07) is 15.5. The van der Waals surface area contributed by atoms with Crippen molar-refractivity contribution in [2.24, 2.45) is 0 Å². The van der Waals surface area contributed by atoms with Gasteiger partial charge in [0, 0.05) is 13.0 Å². The van der Waals surface area contributed by atoms with Crippen LogP contribution < -0.4 is 4.74 Å². The molecule has 29 heavy (non-hydrogen) atoms. The number of halogens is 1. The topological polar surface area (TPSA) is 55.6 Å². The maximum Gasteiger partial charge on any atom is 0.261 e. The second-order valence-electron chi connectivity index (χ2n) is 7.17. The average Bonchev–Trinajstić information content (AvgIpc) is 3.22.